The smallest absolute Gasteiger partial charge is 0.319 e. The zero-order valence-corrected chi connectivity index (χ0v) is 18.4. The fourth-order valence-electron chi connectivity index (χ4n) is 3.73. The predicted octanol–water partition coefficient (Wildman–Crippen LogP) is 3.63. The van der Waals surface area contributed by atoms with Crippen LogP contribution in [0.15, 0.2) is 54.6 Å². The van der Waals surface area contributed by atoms with Crippen LogP contribution in [-0.2, 0) is 4.79 Å². The maximum atomic E-state index is 12.9. The quantitative estimate of drug-likeness (QED) is 0.634. The van der Waals surface area contributed by atoms with E-state index in [2.05, 4.69) is 33.0 Å². The minimum Gasteiger partial charge on any atom is -0.497 e. The molecule has 31 heavy (non-hydrogen) atoms. The zero-order valence-electron chi connectivity index (χ0n) is 18.4. The molecule has 7 nitrogen and oxygen atoms in total. The lowest BCUT2D eigenvalue weighted by molar-refractivity contribution is -0.124. The Labute approximate surface area is 184 Å². The number of ether oxygens (including phenoxy) is 1. The highest BCUT2D eigenvalue weighted by atomic mass is 16.5. The summed E-state index contributed by atoms with van der Waals surface area (Å²) in [6.45, 7) is 5.59. The van der Waals surface area contributed by atoms with E-state index in [0.29, 0.717) is 5.69 Å². The largest absolute Gasteiger partial charge is 0.497 e. The Bertz CT molecular complexity index is 847. The first-order chi connectivity index (χ1) is 15.0. The SMILES string of the molecule is COc1ccc(N2CCC(NC(=O)C(NC(=O)Nc3ccccc3)C(C)C)CC2)cc1. The first-order valence-corrected chi connectivity index (χ1v) is 10.8. The minimum absolute atomic E-state index is 0.0269. The summed E-state index contributed by atoms with van der Waals surface area (Å²) in [7, 11) is 1.66. The van der Waals surface area contributed by atoms with Gasteiger partial charge in [-0.25, -0.2) is 4.79 Å². The van der Waals surface area contributed by atoms with Crippen LogP contribution in [0, 0.1) is 5.92 Å². The fourth-order valence-corrected chi connectivity index (χ4v) is 3.73. The second-order valence-corrected chi connectivity index (χ2v) is 8.15. The van der Waals surface area contributed by atoms with Gasteiger partial charge in [0.1, 0.15) is 11.8 Å². The first-order valence-electron chi connectivity index (χ1n) is 10.8. The lowest BCUT2D eigenvalue weighted by Crippen LogP contribution is -2.54. The molecule has 2 aromatic rings. The van der Waals surface area contributed by atoms with E-state index in [1.165, 1.54) is 0 Å². The second-order valence-electron chi connectivity index (χ2n) is 8.15. The maximum absolute atomic E-state index is 12.9. The number of amides is 3. The number of anilines is 2. The van der Waals surface area contributed by atoms with Crippen molar-refractivity contribution in [1.82, 2.24) is 10.6 Å². The molecule has 3 N–H and O–H groups in total. The van der Waals surface area contributed by atoms with Crippen LogP contribution in [-0.4, -0.2) is 44.2 Å². The monoisotopic (exact) mass is 424 g/mol. The molecule has 0 aliphatic carbocycles. The van der Waals surface area contributed by atoms with Crippen molar-refractivity contribution in [2.24, 2.45) is 5.92 Å². The molecule has 0 radical (unpaired) electrons. The van der Waals surface area contributed by atoms with E-state index in [9.17, 15) is 9.59 Å². The summed E-state index contributed by atoms with van der Waals surface area (Å²) < 4.78 is 5.22. The molecular weight excluding hydrogens is 392 g/mol. The van der Waals surface area contributed by atoms with Gasteiger partial charge in [-0.3, -0.25) is 4.79 Å². The van der Waals surface area contributed by atoms with E-state index in [0.717, 1.165) is 37.4 Å². The van der Waals surface area contributed by atoms with Crippen molar-refractivity contribution >= 4 is 23.3 Å². The van der Waals surface area contributed by atoms with Gasteiger partial charge in [-0.1, -0.05) is 32.0 Å². The molecule has 1 unspecified atom stereocenters. The fraction of sp³-hybridized carbons (Fsp3) is 0.417. The van der Waals surface area contributed by atoms with Gasteiger partial charge in [0, 0.05) is 30.5 Å². The third-order valence-corrected chi connectivity index (χ3v) is 5.55. The highest BCUT2D eigenvalue weighted by Gasteiger charge is 2.28. The average Bonchev–Trinajstić information content (AvgIpc) is 2.78. The van der Waals surface area contributed by atoms with Crippen LogP contribution in [0.4, 0.5) is 16.2 Å². The highest BCUT2D eigenvalue weighted by Crippen LogP contribution is 2.23. The van der Waals surface area contributed by atoms with Gasteiger partial charge in [-0.2, -0.15) is 0 Å². The van der Waals surface area contributed by atoms with Gasteiger partial charge in [0.05, 0.1) is 7.11 Å². The van der Waals surface area contributed by atoms with Crippen LogP contribution in [0.2, 0.25) is 0 Å². The van der Waals surface area contributed by atoms with E-state index in [4.69, 9.17) is 4.74 Å². The van der Waals surface area contributed by atoms with Crippen LogP contribution in [0.1, 0.15) is 26.7 Å². The number of hydrogen-bond acceptors (Lipinski definition) is 4. The number of carbonyl (C=O) groups is 2. The highest BCUT2D eigenvalue weighted by molar-refractivity contribution is 5.93. The number of hydrogen-bond donors (Lipinski definition) is 3. The molecule has 166 valence electrons. The normalized spacial score (nSPS) is 15.3. The summed E-state index contributed by atoms with van der Waals surface area (Å²) in [5.74, 6) is 0.677. The Morgan fingerprint density at radius 1 is 1.00 bits per heavy atom. The Balaban J connectivity index is 1.49. The number of methoxy groups -OCH3 is 1. The number of nitrogens with one attached hydrogen (secondary N) is 3. The van der Waals surface area contributed by atoms with Crippen molar-refractivity contribution in [3.8, 4) is 5.75 Å². The predicted molar refractivity (Wildman–Crippen MR) is 124 cm³/mol. The van der Waals surface area contributed by atoms with Gasteiger partial charge >= 0.3 is 6.03 Å². The van der Waals surface area contributed by atoms with Crippen LogP contribution in [0.5, 0.6) is 5.75 Å². The zero-order chi connectivity index (χ0) is 22.2. The van der Waals surface area contributed by atoms with Crippen molar-refractivity contribution in [2.45, 2.75) is 38.8 Å². The number of benzene rings is 2. The number of nitrogens with zero attached hydrogens (tertiary/aromatic N) is 1. The van der Waals surface area contributed by atoms with Crippen molar-refractivity contribution < 1.29 is 14.3 Å². The van der Waals surface area contributed by atoms with Crippen molar-refractivity contribution in [3.05, 3.63) is 54.6 Å². The maximum Gasteiger partial charge on any atom is 0.319 e. The van der Waals surface area contributed by atoms with E-state index >= 15 is 0 Å². The second kappa shape index (κ2) is 10.7. The summed E-state index contributed by atoms with van der Waals surface area (Å²) >= 11 is 0. The number of carbonyl (C=O) groups excluding carboxylic acids is 2. The molecule has 1 saturated heterocycles. The van der Waals surface area contributed by atoms with Crippen LogP contribution < -0.4 is 25.6 Å². The van der Waals surface area contributed by atoms with Crippen molar-refractivity contribution in [2.75, 3.05) is 30.4 Å². The molecule has 2 aromatic carbocycles. The molecule has 1 aliphatic rings. The molecule has 1 aliphatic heterocycles. The Morgan fingerprint density at radius 2 is 1.65 bits per heavy atom. The summed E-state index contributed by atoms with van der Waals surface area (Å²) in [4.78, 5) is 27.5. The van der Waals surface area contributed by atoms with Gasteiger partial charge in [-0.05, 0) is 55.2 Å². The molecular formula is C24H32N4O3. The van der Waals surface area contributed by atoms with Gasteiger partial charge in [0.2, 0.25) is 5.91 Å². The Hall–Kier alpha value is -3.22. The van der Waals surface area contributed by atoms with E-state index in [1.54, 1.807) is 19.2 Å². The molecule has 0 aromatic heterocycles. The van der Waals surface area contributed by atoms with E-state index < -0.39 is 6.04 Å². The molecule has 0 saturated carbocycles. The Kier molecular flexibility index (Phi) is 7.76. The summed E-state index contributed by atoms with van der Waals surface area (Å²) in [6.07, 6.45) is 1.72. The number of rotatable bonds is 7. The summed E-state index contributed by atoms with van der Waals surface area (Å²) in [6, 6.07) is 16.4. The van der Waals surface area contributed by atoms with Gasteiger partial charge in [0.25, 0.3) is 0 Å². The van der Waals surface area contributed by atoms with E-state index in [1.807, 2.05) is 44.2 Å². The third kappa shape index (κ3) is 6.38. The molecule has 0 bridgehead atoms. The van der Waals surface area contributed by atoms with Crippen molar-refractivity contribution in [1.29, 1.82) is 0 Å². The molecule has 3 rings (SSSR count). The number of piperidine rings is 1. The lowest BCUT2D eigenvalue weighted by Gasteiger charge is -2.35. The number of para-hydroxylation sites is 1. The van der Waals surface area contributed by atoms with Crippen LogP contribution >= 0.6 is 0 Å². The molecule has 1 fully saturated rings. The van der Waals surface area contributed by atoms with E-state index in [-0.39, 0.29) is 23.9 Å². The molecule has 0 spiro atoms. The summed E-state index contributed by atoms with van der Waals surface area (Å²) in [5.41, 5.74) is 1.85. The summed E-state index contributed by atoms with van der Waals surface area (Å²) in [5, 5.41) is 8.72. The molecule has 1 atom stereocenters. The van der Waals surface area contributed by atoms with Crippen molar-refractivity contribution in [3.63, 3.8) is 0 Å². The Morgan fingerprint density at radius 3 is 2.23 bits per heavy atom. The van der Waals surface area contributed by atoms with Gasteiger partial charge < -0.3 is 25.6 Å². The van der Waals surface area contributed by atoms with Gasteiger partial charge in [0.15, 0.2) is 0 Å². The molecule has 7 heteroatoms. The lowest BCUT2D eigenvalue weighted by atomic mass is 10.0. The van der Waals surface area contributed by atoms with Crippen LogP contribution in [0.25, 0.3) is 0 Å². The third-order valence-electron chi connectivity index (χ3n) is 5.55. The average molecular weight is 425 g/mol. The topological polar surface area (TPSA) is 82.7 Å². The van der Waals surface area contributed by atoms with Gasteiger partial charge in [-0.15, -0.1) is 0 Å². The molecule has 3 amide bonds. The standard InChI is InChI=1S/C24H32N4O3/c1-17(2)22(27-24(30)26-18-7-5-4-6-8-18)23(29)25-19-13-15-28(16-14-19)20-9-11-21(31-3)12-10-20/h4-12,17,19,22H,13-16H2,1-3H3,(H,25,29)(H2,26,27,30). The van der Waals surface area contributed by atoms with Crippen LogP contribution in [0.3, 0.4) is 0 Å². The number of urea groups is 1. The molecule has 1 heterocycles. The minimum atomic E-state index is -0.594. The first kappa shape index (κ1) is 22.5.